The van der Waals surface area contributed by atoms with Crippen LogP contribution in [0.1, 0.15) is 39.5 Å². The monoisotopic (exact) mass is 577 g/mol. The summed E-state index contributed by atoms with van der Waals surface area (Å²) in [6, 6.07) is 0. The molecule has 0 aliphatic carbocycles. The summed E-state index contributed by atoms with van der Waals surface area (Å²) in [7, 11) is 3.97. The van der Waals surface area contributed by atoms with Gasteiger partial charge in [0.2, 0.25) is 0 Å². The Hall–Kier alpha value is -0.121. The van der Waals surface area contributed by atoms with E-state index < -0.39 is 10.4 Å². The molecule has 2 fully saturated rings. The van der Waals surface area contributed by atoms with Crippen molar-refractivity contribution >= 4 is 35.1 Å². The molecule has 4 atom stereocenters. The predicted octanol–water partition coefficient (Wildman–Crippen LogP) is 2.53. The molecule has 0 spiro atoms. The van der Waals surface area contributed by atoms with Crippen molar-refractivity contribution in [3.63, 3.8) is 0 Å². The number of alkyl halides is 2. The van der Waals surface area contributed by atoms with Crippen LogP contribution < -0.4 is 0 Å². The fourth-order valence-electron chi connectivity index (χ4n) is 4.36. The SMILES string of the molecule is CCCCOC(=O)C1CN(C)CCN2CCN(CCN(C)CC(C(=O)OCCCC)C2(Cl)Cl)C1.[Mn]. The van der Waals surface area contributed by atoms with Gasteiger partial charge in [0.25, 0.3) is 0 Å². The summed E-state index contributed by atoms with van der Waals surface area (Å²) in [5.41, 5.74) is 0. The first-order valence-electron chi connectivity index (χ1n) is 12.7. The number of esters is 2. The normalized spacial score (nSPS) is 28.5. The minimum Gasteiger partial charge on any atom is -0.465 e. The van der Waals surface area contributed by atoms with Gasteiger partial charge in [0.1, 0.15) is 5.92 Å². The van der Waals surface area contributed by atoms with Gasteiger partial charge >= 0.3 is 11.9 Å². The van der Waals surface area contributed by atoms with Gasteiger partial charge in [0.15, 0.2) is 4.46 Å². The van der Waals surface area contributed by atoms with Crippen molar-refractivity contribution in [2.45, 2.75) is 44.0 Å². The van der Waals surface area contributed by atoms with Gasteiger partial charge in [-0.05, 0) is 26.9 Å². The Labute approximate surface area is 232 Å². The van der Waals surface area contributed by atoms with E-state index in [1.807, 2.05) is 19.0 Å². The van der Waals surface area contributed by atoms with Gasteiger partial charge in [-0.2, -0.15) is 0 Å². The molecule has 0 aromatic heterocycles. The molecule has 2 saturated heterocycles. The molecule has 4 unspecified atom stereocenters. The second-order valence-corrected chi connectivity index (χ2v) is 11.0. The van der Waals surface area contributed by atoms with E-state index in [4.69, 9.17) is 32.7 Å². The summed E-state index contributed by atoms with van der Waals surface area (Å²) in [6.45, 7) is 10.7. The average Bonchev–Trinajstić information content (AvgIpc) is 2.79. The Balaban J connectivity index is 0.00000612. The van der Waals surface area contributed by atoms with Crippen LogP contribution in [0.15, 0.2) is 0 Å². The van der Waals surface area contributed by atoms with Crippen molar-refractivity contribution in [2.75, 3.05) is 86.2 Å². The van der Waals surface area contributed by atoms with Crippen LogP contribution in [0.5, 0.6) is 0 Å². The van der Waals surface area contributed by atoms with Crippen molar-refractivity contribution in [1.82, 2.24) is 19.6 Å². The first kappa shape index (κ1) is 32.9. The summed E-state index contributed by atoms with van der Waals surface area (Å²) in [5, 5.41) is 0. The van der Waals surface area contributed by atoms with Crippen LogP contribution in [0.25, 0.3) is 0 Å². The molecule has 0 amide bonds. The van der Waals surface area contributed by atoms with Gasteiger partial charge in [-0.25, -0.2) is 0 Å². The van der Waals surface area contributed by atoms with Crippen molar-refractivity contribution in [1.29, 1.82) is 0 Å². The van der Waals surface area contributed by atoms with Gasteiger partial charge in [-0.3, -0.25) is 19.4 Å². The molecular weight excluding hydrogens is 534 g/mol. The number of ether oxygens (including phenoxy) is 2. The second kappa shape index (κ2) is 16.7. The van der Waals surface area contributed by atoms with E-state index >= 15 is 0 Å². The zero-order valence-corrected chi connectivity index (χ0v) is 24.5. The zero-order chi connectivity index (χ0) is 25.1. The number of fused-ring (bicyclic) bond motifs is 3. The molecule has 1 radical (unpaired) electrons. The van der Waals surface area contributed by atoms with E-state index in [2.05, 4.69) is 28.5 Å². The second-order valence-electron chi connectivity index (χ2n) is 9.69. The molecule has 0 saturated carbocycles. The van der Waals surface area contributed by atoms with Crippen LogP contribution in [-0.4, -0.2) is 122 Å². The van der Waals surface area contributed by atoms with Crippen LogP contribution in [0, 0.1) is 11.8 Å². The van der Waals surface area contributed by atoms with Gasteiger partial charge in [-0.1, -0.05) is 49.9 Å². The number of carbonyl (C=O) groups is 2. The minimum absolute atomic E-state index is 0. The first-order chi connectivity index (χ1) is 16.2. The third-order valence-electron chi connectivity index (χ3n) is 6.68. The molecule has 2 aliphatic heterocycles. The predicted molar refractivity (Wildman–Crippen MR) is 136 cm³/mol. The Morgan fingerprint density at radius 3 is 1.94 bits per heavy atom. The Bertz CT molecular complexity index is 647. The first-order valence-corrected chi connectivity index (χ1v) is 13.5. The van der Waals surface area contributed by atoms with Crippen molar-refractivity contribution in [3.05, 3.63) is 0 Å². The number of rotatable bonds is 8. The quantitative estimate of drug-likeness (QED) is 0.143. The number of unbranched alkanes of at least 4 members (excludes halogenated alkanes) is 2. The van der Waals surface area contributed by atoms with Crippen LogP contribution in [0.3, 0.4) is 0 Å². The smallest absolute Gasteiger partial charge is 0.314 e. The summed E-state index contributed by atoms with van der Waals surface area (Å²) in [5.74, 6) is -1.36. The average molecular weight is 578 g/mol. The van der Waals surface area contributed by atoms with Crippen molar-refractivity contribution in [2.24, 2.45) is 11.8 Å². The third-order valence-corrected chi connectivity index (χ3v) is 7.69. The number of likely N-dealkylation sites (N-methyl/N-ethyl adjacent to an activating group) is 2. The summed E-state index contributed by atoms with van der Waals surface area (Å²) < 4.78 is 9.73. The maximum absolute atomic E-state index is 13.0. The molecular formula is C24H44Cl2MnN4O4. The van der Waals surface area contributed by atoms with Crippen LogP contribution in [0.4, 0.5) is 0 Å². The molecule has 2 rings (SSSR count). The maximum atomic E-state index is 13.0. The molecule has 0 aromatic carbocycles. The fraction of sp³-hybridized carbons (Fsp3) is 0.917. The number of carbonyl (C=O) groups excluding carboxylic acids is 2. The van der Waals surface area contributed by atoms with Crippen LogP contribution >= 0.6 is 23.2 Å². The number of hydrogen-bond donors (Lipinski definition) is 0. The summed E-state index contributed by atoms with van der Waals surface area (Å²) in [6.07, 6.45) is 3.65. The standard InChI is InChI=1S/C24H44Cl2N4O4.Mn/c1-5-7-15-33-22(31)20-17-27(3)10-13-30-14-12-29(18-20)11-9-28(4)19-21(24(30,25)26)23(32)34-16-8-6-2;/h20-21H,5-19H2,1-4H3;. The van der Waals surface area contributed by atoms with E-state index in [0.29, 0.717) is 59.0 Å². The Morgan fingerprint density at radius 2 is 1.31 bits per heavy atom. The van der Waals surface area contributed by atoms with E-state index in [0.717, 1.165) is 38.8 Å². The van der Waals surface area contributed by atoms with Gasteiger partial charge in [0, 0.05) is 76.0 Å². The summed E-state index contributed by atoms with van der Waals surface area (Å²) in [4.78, 5) is 34.3. The Morgan fingerprint density at radius 1 is 0.800 bits per heavy atom. The van der Waals surface area contributed by atoms with E-state index in [1.54, 1.807) is 0 Å². The number of halogens is 2. The third kappa shape index (κ3) is 10.6. The molecule has 2 heterocycles. The van der Waals surface area contributed by atoms with Crippen LogP contribution in [-0.2, 0) is 36.1 Å². The fourth-order valence-corrected chi connectivity index (χ4v) is 5.01. The van der Waals surface area contributed by atoms with Crippen molar-refractivity contribution in [3.8, 4) is 0 Å². The van der Waals surface area contributed by atoms with Gasteiger partial charge < -0.3 is 19.3 Å². The van der Waals surface area contributed by atoms with Crippen molar-refractivity contribution < 1.29 is 36.1 Å². The molecule has 11 heteroatoms. The van der Waals surface area contributed by atoms with E-state index in [1.165, 1.54) is 0 Å². The van der Waals surface area contributed by atoms with Gasteiger partial charge in [0.05, 0.1) is 19.1 Å². The van der Waals surface area contributed by atoms with E-state index in [-0.39, 0.29) is 34.9 Å². The van der Waals surface area contributed by atoms with Gasteiger partial charge in [-0.15, -0.1) is 0 Å². The molecule has 2 bridgehead atoms. The molecule has 35 heavy (non-hydrogen) atoms. The number of nitrogens with zero attached hydrogens (tertiary/aromatic N) is 4. The molecule has 8 nitrogen and oxygen atoms in total. The zero-order valence-electron chi connectivity index (χ0n) is 21.8. The molecule has 205 valence electrons. The van der Waals surface area contributed by atoms with E-state index in [9.17, 15) is 9.59 Å². The topological polar surface area (TPSA) is 65.6 Å². The molecule has 0 aromatic rings. The minimum atomic E-state index is -1.39. The molecule has 2 aliphatic rings. The van der Waals surface area contributed by atoms with Crippen LogP contribution in [0.2, 0.25) is 0 Å². The Kier molecular flexibility index (Phi) is 15.7. The largest absolute Gasteiger partial charge is 0.465 e. The summed E-state index contributed by atoms with van der Waals surface area (Å²) >= 11 is 14.0. The molecule has 0 N–H and O–H groups in total. The maximum Gasteiger partial charge on any atom is 0.314 e. The number of hydrogen-bond acceptors (Lipinski definition) is 8.